The van der Waals surface area contributed by atoms with E-state index in [9.17, 15) is 5.11 Å². The van der Waals surface area contributed by atoms with Crippen LogP contribution in [-0.2, 0) is 0 Å². The summed E-state index contributed by atoms with van der Waals surface area (Å²) in [4.78, 5) is 4.24. The second-order valence-corrected chi connectivity index (χ2v) is 3.69. The van der Waals surface area contributed by atoms with Gasteiger partial charge in [-0.15, -0.1) is 0 Å². The number of pyridine rings is 1. The predicted molar refractivity (Wildman–Crippen MR) is 57.6 cm³/mol. The lowest BCUT2D eigenvalue weighted by Crippen LogP contribution is -1.88. The minimum Gasteiger partial charge on any atom is -0.507 e. The number of nitrogens with zero attached hydrogens (tertiary/aromatic N) is 1. The Balaban J connectivity index is 2.99. The van der Waals surface area contributed by atoms with Crippen molar-refractivity contribution in [3.8, 4) is 5.75 Å². The van der Waals surface area contributed by atoms with E-state index in [0.29, 0.717) is 5.75 Å². The first kappa shape index (κ1) is 9.00. The van der Waals surface area contributed by atoms with Crippen molar-refractivity contribution in [1.82, 2.24) is 4.98 Å². The zero-order chi connectivity index (χ0) is 10.3. The van der Waals surface area contributed by atoms with Crippen LogP contribution >= 0.6 is 0 Å². The van der Waals surface area contributed by atoms with E-state index in [0.717, 1.165) is 27.6 Å². The van der Waals surface area contributed by atoms with Gasteiger partial charge >= 0.3 is 0 Å². The summed E-state index contributed by atoms with van der Waals surface area (Å²) in [6.07, 6.45) is 1.77. The van der Waals surface area contributed by atoms with Gasteiger partial charge in [-0.2, -0.15) is 0 Å². The minimum absolute atomic E-state index is 0.366. The number of phenolic OH excluding ortho intramolecular Hbond substituents is 1. The number of benzene rings is 1. The zero-order valence-corrected chi connectivity index (χ0v) is 8.63. The summed E-state index contributed by atoms with van der Waals surface area (Å²) in [7, 11) is 0. The molecule has 1 aromatic heterocycles. The van der Waals surface area contributed by atoms with Crippen molar-refractivity contribution in [3.05, 3.63) is 35.0 Å². The van der Waals surface area contributed by atoms with Crippen molar-refractivity contribution in [1.29, 1.82) is 0 Å². The van der Waals surface area contributed by atoms with Gasteiger partial charge in [-0.1, -0.05) is 0 Å². The average Bonchev–Trinajstić information content (AvgIpc) is 2.14. The van der Waals surface area contributed by atoms with E-state index in [2.05, 4.69) is 4.98 Å². The Morgan fingerprint density at radius 2 is 1.86 bits per heavy atom. The largest absolute Gasteiger partial charge is 0.507 e. The fraction of sp³-hybridized carbons (Fsp3) is 0.250. The Hall–Kier alpha value is -1.57. The Morgan fingerprint density at radius 1 is 1.14 bits per heavy atom. The van der Waals surface area contributed by atoms with Gasteiger partial charge in [0.05, 0.1) is 5.52 Å². The summed E-state index contributed by atoms with van der Waals surface area (Å²) in [6, 6.07) is 3.92. The molecule has 2 rings (SSSR count). The maximum atomic E-state index is 9.98. The summed E-state index contributed by atoms with van der Waals surface area (Å²) in [5.74, 6) is 0.366. The molecule has 72 valence electrons. The molecule has 0 fully saturated rings. The Morgan fingerprint density at radius 3 is 2.57 bits per heavy atom. The first-order valence-electron chi connectivity index (χ1n) is 4.65. The molecule has 1 aromatic carbocycles. The van der Waals surface area contributed by atoms with Crippen LogP contribution in [0.5, 0.6) is 5.75 Å². The minimum atomic E-state index is 0.366. The molecule has 0 bridgehead atoms. The quantitative estimate of drug-likeness (QED) is 0.688. The van der Waals surface area contributed by atoms with Gasteiger partial charge in [0.2, 0.25) is 0 Å². The Kier molecular flexibility index (Phi) is 1.92. The molecule has 0 atom stereocenters. The highest BCUT2D eigenvalue weighted by atomic mass is 16.3. The van der Waals surface area contributed by atoms with E-state index < -0.39 is 0 Å². The van der Waals surface area contributed by atoms with Gasteiger partial charge in [0.15, 0.2) is 0 Å². The average molecular weight is 187 g/mol. The molecule has 2 aromatic rings. The summed E-state index contributed by atoms with van der Waals surface area (Å²) >= 11 is 0. The van der Waals surface area contributed by atoms with Crippen LogP contribution in [0.3, 0.4) is 0 Å². The lowest BCUT2D eigenvalue weighted by atomic mass is 10.0. The molecule has 2 nitrogen and oxygen atoms in total. The van der Waals surface area contributed by atoms with Crippen molar-refractivity contribution in [2.45, 2.75) is 20.8 Å². The van der Waals surface area contributed by atoms with Crippen LogP contribution in [-0.4, -0.2) is 10.1 Å². The molecule has 14 heavy (non-hydrogen) atoms. The van der Waals surface area contributed by atoms with Gasteiger partial charge < -0.3 is 5.11 Å². The SMILES string of the molecule is Cc1cc2nccc(C)c2c(O)c1C. The van der Waals surface area contributed by atoms with Gasteiger partial charge in [0.1, 0.15) is 5.75 Å². The van der Waals surface area contributed by atoms with E-state index in [-0.39, 0.29) is 0 Å². The number of aryl methyl sites for hydroxylation is 2. The molecule has 0 saturated heterocycles. The van der Waals surface area contributed by atoms with Crippen molar-refractivity contribution < 1.29 is 5.11 Å². The van der Waals surface area contributed by atoms with E-state index in [4.69, 9.17) is 0 Å². The molecule has 0 amide bonds. The maximum Gasteiger partial charge on any atom is 0.128 e. The summed E-state index contributed by atoms with van der Waals surface area (Å²) in [5, 5.41) is 10.9. The molecule has 0 aliphatic carbocycles. The highest BCUT2D eigenvalue weighted by Gasteiger charge is 2.08. The zero-order valence-electron chi connectivity index (χ0n) is 8.63. The van der Waals surface area contributed by atoms with Crippen LogP contribution in [0.1, 0.15) is 16.7 Å². The molecule has 0 saturated carbocycles. The van der Waals surface area contributed by atoms with E-state index in [1.54, 1.807) is 6.20 Å². The monoisotopic (exact) mass is 187 g/mol. The fourth-order valence-corrected chi connectivity index (χ4v) is 1.68. The van der Waals surface area contributed by atoms with E-state index in [1.165, 1.54) is 0 Å². The third kappa shape index (κ3) is 1.15. The van der Waals surface area contributed by atoms with Gasteiger partial charge in [-0.05, 0) is 49.6 Å². The lowest BCUT2D eigenvalue weighted by Gasteiger charge is -2.09. The maximum absolute atomic E-state index is 9.98. The van der Waals surface area contributed by atoms with Crippen molar-refractivity contribution in [3.63, 3.8) is 0 Å². The number of hydrogen-bond donors (Lipinski definition) is 1. The van der Waals surface area contributed by atoms with Crippen LogP contribution in [0, 0.1) is 20.8 Å². The van der Waals surface area contributed by atoms with Crippen molar-refractivity contribution >= 4 is 10.9 Å². The van der Waals surface area contributed by atoms with Crippen LogP contribution in [0.4, 0.5) is 0 Å². The molecule has 0 radical (unpaired) electrons. The van der Waals surface area contributed by atoms with Gasteiger partial charge in [0, 0.05) is 11.6 Å². The molecular weight excluding hydrogens is 174 g/mol. The standard InChI is InChI=1S/C12H13NO/c1-7-4-5-13-10-6-8(2)9(3)12(14)11(7)10/h4-6,14H,1-3H3. The smallest absolute Gasteiger partial charge is 0.128 e. The number of phenols is 1. The Labute approximate surface area is 83.2 Å². The second-order valence-electron chi connectivity index (χ2n) is 3.69. The second kappa shape index (κ2) is 2.98. The molecule has 0 aliphatic heterocycles. The summed E-state index contributed by atoms with van der Waals surface area (Å²) in [5.41, 5.74) is 3.95. The molecule has 0 unspecified atom stereocenters. The van der Waals surface area contributed by atoms with Crippen molar-refractivity contribution in [2.75, 3.05) is 0 Å². The third-order valence-electron chi connectivity index (χ3n) is 2.73. The lowest BCUT2D eigenvalue weighted by molar-refractivity contribution is 0.476. The molecular formula is C12H13NO. The predicted octanol–water partition coefficient (Wildman–Crippen LogP) is 2.87. The highest BCUT2D eigenvalue weighted by molar-refractivity contribution is 5.89. The van der Waals surface area contributed by atoms with Gasteiger partial charge in [0.25, 0.3) is 0 Å². The van der Waals surface area contributed by atoms with Crippen LogP contribution in [0.25, 0.3) is 10.9 Å². The van der Waals surface area contributed by atoms with E-state index in [1.807, 2.05) is 32.9 Å². The van der Waals surface area contributed by atoms with Crippen LogP contribution in [0.15, 0.2) is 18.3 Å². The normalized spacial score (nSPS) is 10.8. The number of aromatic nitrogens is 1. The van der Waals surface area contributed by atoms with Crippen LogP contribution in [0.2, 0.25) is 0 Å². The van der Waals surface area contributed by atoms with Gasteiger partial charge in [-0.25, -0.2) is 0 Å². The fourth-order valence-electron chi connectivity index (χ4n) is 1.68. The third-order valence-corrected chi connectivity index (χ3v) is 2.73. The Bertz CT molecular complexity index is 503. The van der Waals surface area contributed by atoms with Crippen LogP contribution < -0.4 is 0 Å². The molecule has 1 N–H and O–H groups in total. The highest BCUT2D eigenvalue weighted by Crippen LogP contribution is 2.31. The molecule has 1 heterocycles. The molecule has 0 spiro atoms. The topological polar surface area (TPSA) is 33.1 Å². The first-order chi connectivity index (χ1) is 6.61. The molecule has 0 aliphatic rings. The number of aromatic hydroxyl groups is 1. The number of rotatable bonds is 0. The van der Waals surface area contributed by atoms with Crippen molar-refractivity contribution in [2.24, 2.45) is 0 Å². The number of fused-ring (bicyclic) bond motifs is 1. The van der Waals surface area contributed by atoms with E-state index >= 15 is 0 Å². The van der Waals surface area contributed by atoms with Gasteiger partial charge in [-0.3, -0.25) is 4.98 Å². The molecule has 2 heteroatoms. The first-order valence-corrected chi connectivity index (χ1v) is 4.65. The summed E-state index contributed by atoms with van der Waals surface area (Å²) < 4.78 is 0. The summed E-state index contributed by atoms with van der Waals surface area (Å²) in [6.45, 7) is 5.90. The number of hydrogen-bond acceptors (Lipinski definition) is 2.